The number of aromatic nitrogens is 3. The molecule has 0 radical (unpaired) electrons. The number of carbonyl (C=O) groups excluding carboxylic acids is 1. The van der Waals surface area contributed by atoms with Crippen molar-refractivity contribution in [3.05, 3.63) is 42.1 Å². The van der Waals surface area contributed by atoms with Gasteiger partial charge in [-0.2, -0.15) is 5.10 Å². The normalized spacial score (nSPS) is 17.0. The van der Waals surface area contributed by atoms with Gasteiger partial charge in [0, 0.05) is 19.4 Å². The fourth-order valence-electron chi connectivity index (χ4n) is 3.03. The van der Waals surface area contributed by atoms with Crippen LogP contribution in [0.3, 0.4) is 0 Å². The molecule has 0 aromatic carbocycles. The summed E-state index contributed by atoms with van der Waals surface area (Å²) in [5.74, 6) is 6.85. The molecule has 25 heavy (non-hydrogen) atoms. The fourth-order valence-corrected chi connectivity index (χ4v) is 3.03. The first-order chi connectivity index (χ1) is 12.0. The van der Waals surface area contributed by atoms with Gasteiger partial charge in [-0.3, -0.25) is 9.80 Å². The SMILES string of the molecule is CN1CCC(C/C=C(/NC(=O)c2cnn3cccnc23)N(C)N)CC1. The maximum Gasteiger partial charge on any atom is 0.262 e. The summed E-state index contributed by atoms with van der Waals surface area (Å²) in [5, 5.41) is 8.46. The second-order valence-electron chi connectivity index (χ2n) is 6.58. The number of nitrogens with zero attached hydrogens (tertiary/aromatic N) is 5. The molecule has 0 bridgehead atoms. The molecule has 0 atom stereocenters. The van der Waals surface area contributed by atoms with Crippen molar-refractivity contribution in [1.82, 2.24) is 29.8 Å². The van der Waals surface area contributed by atoms with Crippen molar-refractivity contribution in [2.75, 3.05) is 27.2 Å². The Morgan fingerprint density at radius 3 is 2.96 bits per heavy atom. The van der Waals surface area contributed by atoms with Crippen LogP contribution >= 0.6 is 0 Å². The van der Waals surface area contributed by atoms with Crippen molar-refractivity contribution in [3.63, 3.8) is 0 Å². The largest absolute Gasteiger partial charge is 0.307 e. The molecular formula is C17H25N7O. The van der Waals surface area contributed by atoms with Gasteiger partial charge in [-0.05, 0) is 57.5 Å². The van der Waals surface area contributed by atoms with Gasteiger partial charge in [0.2, 0.25) is 0 Å². The van der Waals surface area contributed by atoms with Crippen molar-refractivity contribution < 1.29 is 4.79 Å². The van der Waals surface area contributed by atoms with E-state index in [2.05, 4.69) is 27.3 Å². The van der Waals surface area contributed by atoms with Gasteiger partial charge in [0.05, 0.1) is 6.20 Å². The van der Waals surface area contributed by atoms with Gasteiger partial charge >= 0.3 is 0 Å². The number of allylic oxidation sites excluding steroid dienone is 1. The molecule has 0 saturated carbocycles. The molecular weight excluding hydrogens is 318 g/mol. The van der Waals surface area contributed by atoms with Crippen LogP contribution in [0.1, 0.15) is 29.6 Å². The molecule has 3 heterocycles. The molecule has 8 nitrogen and oxygen atoms in total. The van der Waals surface area contributed by atoms with Gasteiger partial charge in [0.25, 0.3) is 5.91 Å². The Labute approximate surface area is 147 Å². The van der Waals surface area contributed by atoms with E-state index >= 15 is 0 Å². The average molecular weight is 343 g/mol. The number of likely N-dealkylation sites (tertiary alicyclic amines) is 1. The van der Waals surface area contributed by atoms with Crippen LogP contribution in [0.15, 0.2) is 36.6 Å². The first-order valence-corrected chi connectivity index (χ1v) is 8.51. The average Bonchev–Trinajstić information content (AvgIpc) is 3.04. The van der Waals surface area contributed by atoms with Crippen LogP contribution in [0.25, 0.3) is 5.65 Å². The van der Waals surface area contributed by atoms with E-state index < -0.39 is 0 Å². The third kappa shape index (κ3) is 4.15. The monoisotopic (exact) mass is 343 g/mol. The Morgan fingerprint density at radius 2 is 2.24 bits per heavy atom. The van der Waals surface area contributed by atoms with Crippen molar-refractivity contribution >= 4 is 11.6 Å². The van der Waals surface area contributed by atoms with E-state index in [0.717, 1.165) is 19.5 Å². The van der Waals surface area contributed by atoms with Gasteiger partial charge < -0.3 is 10.2 Å². The van der Waals surface area contributed by atoms with E-state index in [1.165, 1.54) is 24.0 Å². The smallest absolute Gasteiger partial charge is 0.262 e. The van der Waals surface area contributed by atoms with Gasteiger partial charge in [0.1, 0.15) is 11.4 Å². The number of rotatable bonds is 5. The number of nitrogens with one attached hydrogen (secondary N) is 1. The maximum atomic E-state index is 12.6. The number of carbonyl (C=O) groups is 1. The van der Waals surface area contributed by atoms with Gasteiger partial charge in [0.15, 0.2) is 5.65 Å². The number of nitrogens with two attached hydrogens (primary N) is 1. The zero-order valence-electron chi connectivity index (χ0n) is 14.7. The van der Waals surface area contributed by atoms with Crippen LogP contribution < -0.4 is 11.2 Å². The molecule has 0 aliphatic carbocycles. The second-order valence-corrected chi connectivity index (χ2v) is 6.58. The van der Waals surface area contributed by atoms with Crippen LogP contribution in [0.4, 0.5) is 0 Å². The van der Waals surface area contributed by atoms with Crippen molar-refractivity contribution in [2.45, 2.75) is 19.3 Å². The first-order valence-electron chi connectivity index (χ1n) is 8.51. The molecule has 3 rings (SSSR count). The van der Waals surface area contributed by atoms with E-state index in [9.17, 15) is 4.79 Å². The van der Waals surface area contributed by atoms with E-state index in [4.69, 9.17) is 5.84 Å². The Hall–Kier alpha value is -2.45. The minimum Gasteiger partial charge on any atom is -0.307 e. The minimum atomic E-state index is -0.263. The van der Waals surface area contributed by atoms with E-state index in [1.807, 2.05) is 6.08 Å². The fraction of sp³-hybridized carbons (Fsp3) is 0.471. The van der Waals surface area contributed by atoms with Crippen LogP contribution in [-0.2, 0) is 0 Å². The molecule has 134 valence electrons. The highest BCUT2D eigenvalue weighted by molar-refractivity contribution is 6.00. The highest BCUT2D eigenvalue weighted by Crippen LogP contribution is 2.20. The van der Waals surface area contributed by atoms with Gasteiger partial charge in [-0.1, -0.05) is 0 Å². The van der Waals surface area contributed by atoms with Gasteiger partial charge in [-0.25, -0.2) is 15.3 Å². The molecule has 2 aromatic rings. The van der Waals surface area contributed by atoms with Crippen LogP contribution in [0.5, 0.6) is 0 Å². The summed E-state index contributed by atoms with van der Waals surface area (Å²) in [6.45, 7) is 2.24. The third-order valence-corrected chi connectivity index (χ3v) is 4.63. The Morgan fingerprint density at radius 1 is 1.48 bits per heavy atom. The lowest BCUT2D eigenvalue weighted by Crippen LogP contribution is -2.37. The lowest BCUT2D eigenvalue weighted by Gasteiger charge is -2.28. The predicted octanol–water partition coefficient (Wildman–Crippen LogP) is 0.838. The van der Waals surface area contributed by atoms with Crippen molar-refractivity contribution in [1.29, 1.82) is 0 Å². The first kappa shape index (κ1) is 17.4. The van der Waals surface area contributed by atoms with E-state index in [-0.39, 0.29) is 5.91 Å². The minimum absolute atomic E-state index is 0.263. The number of fused-ring (bicyclic) bond motifs is 1. The molecule has 8 heteroatoms. The summed E-state index contributed by atoms with van der Waals surface area (Å²) in [4.78, 5) is 19.1. The quantitative estimate of drug-likeness (QED) is 0.617. The molecule has 1 fully saturated rings. The molecule has 1 saturated heterocycles. The topological polar surface area (TPSA) is 91.8 Å². The Kier molecular flexibility index (Phi) is 5.30. The predicted molar refractivity (Wildman–Crippen MR) is 95.3 cm³/mol. The number of hydrazine groups is 1. The maximum absolute atomic E-state index is 12.6. The van der Waals surface area contributed by atoms with Crippen molar-refractivity contribution in [2.24, 2.45) is 11.8 Å². The zero-order valence-corrected chi connectivity index (χ0v) is 14.7. The number of piperidine rings is 1. The molecule has 3 N–H and O–H groups in total. The zero-order chi connectivity index (χ0) is 17.8. The Balaban J connectivity index is 1.69. The molecule has 1 aliphatic rings. The standard InChI is InChI=1S/C17H25N7O/c1-22-10-6-13(7-11-22)4-5-15(23(2)18)21-17(25)14-12-20-24-9-3-8-19-16(14)24/h3,5,8-9,12-13H,4,6-7,10-11,18H2,1-2H3,(H,21,25)/b15-5-. The number of amides is 1. The summed E-state index contributed by atoms with van der Waals surface area (Å²) < 4.78 is 1.57. The lowest BCUT2D eigenvalue weighted by molar-refractivity contribution is 0.0954. The summed E-state index contributed by atoms with van der Waals surface area (Å²) in [6.07, 6.45) is 10.2. The van der Waals surface area contributed by atoms with E-state index in [0.29, 0.717) is 22.9 Å². The van der Waals surface area contributed by atoms with Crippen LogP contribution in [-0.4, -0.2) is 57.6 Å². The van der Waals surface area contributed by atoms with Crippen LogP contribution in [0.2, 0.25) is 0 Å². The highest BCUT2D eigenvalue weighted by atomic mass is 16.1. The van der Waals surface area contributed by atoms with Crippen LogP contribution in [0, 0.1) is 5.92 Å². The van der Waals surface area contributed by atoms with Crippen molar-refractivity contribution in [3.8, 4) is 0 Å². The second kappa shape index (κ2) is 7.62. The molecule has 2 aromatic heterocycles. The number of hydrogen-bond acceptors (Lipinski definition) is 6. The highest BCUT2D eigenvalue weighted by Gasteiger charge is 2.18. The number of hydrogen-bond donors (Lipinski definition) is 2. The summed E-state index contributed by atoms with van der Waals surface area (Å²) in [5.41, 5.74) is 0.946. The lowest BCUT2D eigenvalue weighted by atomic mass is 9.94. The third-order valence-electron chi connectivity index (χ3n) is 4.63. The molecule has 1 amide bonds. The molecule has 0 unspecified atom stereocenters. The van der Waals surface area contributed by atoms with Gasteiger partial charge in [-0.15, -0.1) is 0 Å². The molecule has 1 aliphatic heterocycles. The Bertz CT molecular complexity index is 759. The summed E-state index contributed by atoms with van der Waals surface area (Å²) in [7, 11) is 3.87. The summed E-state index contributed by atoms with van der Waals surface area (Å²) >= 11 is 0. The molecule has 0 spiro atoms. The summed E-state index contributed by atoms with van der Waals surface area (Å²) in [6, 6.07) is 1.77. The van der Waals surface area contributed by atoms with E-state index in [1.54, 1.807) is 30.0 Å².